The predicted octanol–water partition coefficient (Wildman–Crippen LogP) is 4.27. The van der Waals surface area contributed by atoms with Crippen molar-refractivity contribution < 1.29 is 0 Å². The van der Waals surface area contributed by atoms with Gasteiger partial charge in [-0.25, -0.2) is 0 Å². The molecule has 2 heteroatoms. The maximum absolute atomic E-state index is 5.54. The average molecular weight is 293 g/mol. The van der Waals surface area contributed by atoms with Crippen LogP contribution in [-0.2, 0) is 0 Å². The second-order valence-corrected chi connectivity index (χ2v) is 7.10. The summed E-state index contributed by atoms with van der Waals surface area (Å²) in [6.45, 7) is 13.1. The molecule has 0 saturated heterocycles. The summed E-state index contributed by atoms with van der Waals surface area (Å²) < 4.78 is 0. The smallest absolute Gasteiger partial charge is 0.00743 e. The first-order valence-corrected chi connectivity index (χ1v) is 8.65. The fraction of sp³-hybridized carbons (Fsp3) is 0.789. The third-order valence-electron chi connectivity index (χ3n) is 5.87. The van der Waals surface area contributed by atoms with Crippen molar-refractivity contribution in [1.29, 1.82) is 0 Å². The Labute approximate surface area is 132 Å². The van der Waals surface area contributed by atoms with Gasteiger partial charge >= 0.3 is 0 Å². The highest BCUT2D eigenvalue weighted by Gasteiger charge is 2.25. The van der Waals surface area contributed by atoms with Gasteiger partial charge in [-0.15, -0.1) is 0 Å². The summed E-state index contributed by atoms with van der Waals surface area (Å²) >= 11 is 0. The van der Waals surface area contributed by atoms with E-state index in [1.807, 2.05) is 0 Å². The minimum atomic E-state index is 0.776. The van der Waals surface area contributed by atoms with Gasteiger partial charge in [0.15, 0.2) is 0 Å². The van der Waals surface area contributed by atoms with Gasteiger partial charge in [0.2, 0.25) is 0 Å². The molecule has 2 aliphatic carbocycles. The fourth-order valence-electron chi connectivity index (χ4n) is 3.72. The summed E-state index contributed by atoms with van der Waals surface area (Å²) in [4.78, 5) is 0. The molecule has 0 fully saturated rings. The summed E-state index contributed by atoms with van der Waals surface area (Å²) in [6, 6.07) is 0. The Morgan fingerprint density at radius 2 is 1.52 bits per heavy atom. The highest BCUT2D eigenvalue weighted by atomic mass is 14.5. The van der Waals surface area contributed by atoms with Crippen molar-refractivity contribution in [3.8, 4) is 0 Å². The zero-order chi connectivity index (χ0) is 16.0. The van der Waals surface area contributed by atoms with Crippen molar-refractivity contribution in [1.82, 2.24) is 0 Å². The van der Waals surface area contributed by atoms with Crippen LogP contribution in [0.15, 0.2) is 22.8 Å². The Hall–Kier alpha value is -0.600. The minimum Gasteiger partial charge on any atom is -0.330 e. The Bertz CT molecular complexity index is 381. The van der Waals surface area contributed by atoms with Crippen LogP contribution in [0.1, 0.15) is 60.3 Å². The molecule has 4 N–H and O–H groups in total. The van der Waals surface area contributed by atoms with Crippen LogP contribution in [0.2, 0.25) is 0 Å². The molecular formula is C19H36N2. The summed E-state index contributed by atoms with van der Waals surface area (Å²) in [7, 11) is 0. The van der Waals surface area contributed by atoms with Crippen LogP contribution in [0.3, 0.4) is 0 Å². The number of hydrogen-bond acceptors (Lipinski definition) is 2. The van der Waals surface area contributed by atoms with E-state index in [-0.39, 0.29) is 0 Å². The van der Waals surface area contributed by atoms with Crippen LogP contribution in [0, 0.1) is 23.7 Å². The van der Waals surface area contributed by atoms with Gasteiger partial charge in [-0.05, 0) is 83.2 Å². The van der Waals surface area contributed by atoms with E-state index >= 15 is 0 Å². The summed E-state index contributed by atoms with van der Waals surface area (Å²) in [5.41, 5.74) is 15.8. The quantitative estimate of drug-likeness (QED) is 0.760. The van der Waals surface area contributed by atoms with Crippen molar-refractivity contribution in [2.45, 2.75) is 60.3 Å². The highest BCUT2D eigenvalue weighted by Crippen LogP contribution is 2.37. The molecule has 0 amide bonds. The van der Waals surface area contributed by atoms with Crippen LogP contribution in [0.4, 0.5) is 0 Å². The lowest BCUT2D eigenvalue weighted by Gasteiger charge is -2.15. The lowest BCUT2D eigenvalue weighted by Crippen LogP contribution is -2.12. The molecular weight excluding hydrogens is 256 g/mol. The Kier molecular flexibility index (Phi) is 7.69. The van der Waals surface area contributed by atoms with Crippen molar-refractivity contribution in [3.05, 3.63) is 22.8 Å². The number of rotatable bonds is 4. The van der Waals surface area contributed by atoms with Crippen LogP contribution >= 0.6 is 0 Å². The lowest BCUT2D eigenvalue weighted by molar-refractivity contribution is 0.413. The third kappa shape index (κ3) is 4.96. The molecule has 0 spiro atoms. The summed E-state index contributed by atoms with van der Waals surface area (Å²) in [5.74, 6) is 3.23. The summed E-state index contributed by atoms with van der Waals surface area (Å²) in [6.07, 6.45) is 7.27. The second kappa shape index (κ2) is 8.75. The number of hydrogen-bond donors (Lipinski definition) is 2. The molecule has 2 aliphatic rings. The molecule has 0 saturated carbocycles. The number of nitrogens with two attached hydrogens (primary N) is 2. The van der Waals surface area contributed by atoms with E-state index in [0.717, 1.165) is 36.8 Å². The SMILES string of the molecule is CC1=C(C)C(C)C(CCN)C1.CC1=CCC(CCN)C1C. The molecule has 2 rings (SSSR count). The van der Waals surface area contributed by atoms with Crippen molar-refractivity contribution >= 4 is 0 Å². The van der Waals surface area contributed by atoms with Crippen molar-refractivity contribution in [2.24, 2.45) is 35.1 Å². The Morgan fingerprint density at radius 3 is 1.90 bits per heavy atom. The van der Waals surface area contributed by atoms with Crippen molar-refractivity contribution in [3.63, 3.8) is 0 Å². The van der Waals surface area contributed by atoms with E-state index in [0.29, 0.717) is 0 Å². The zero-order valence-electron chi connectivity index (χ0n) is 14.8. The van der Waals surface area contributed by atoms with Crippen LogP contribution < -0.4 is 11.5 Å². The maximum atomic E-state index is 5.54. The molecule has 4 unspecified atom stereocenters. The summed E-state index contributed by atoms with van der Waals surface area (Å²) in [5, 5.41) is 0. The molecule has 122 valence electrons. The van der Waals surface area contributed by atoms with Gasteiger partial charge in [0.25, 0.3) is 0 Å². The highest BCUT2D eigenvalue weighted by molar-refractivity contribution is 5.20. The molecule has 0 bridgehead atoms. The standard InChI is InChI=1S/C10H19N.C9H17N/c1-7-6-10(4-5-11)9(3)8(7)2;1-7-3-4-9(5-6-10)8(7)2/h9-10H,4-6,11H2,1-3H3;3,8-9H,4-6,10H2,1-2H3. The second-order valence-electron chi connectivity index (χ2n) is 7.10. The zero-order valence-corrected chi connectivity index (χ0v) is 14.8. The lowest BCUT2D eigenvalue weighted by atomic mass is 9.91. The molecule has 0 heterocycles. The van der Waals surface area contributed by atoms with Gasteiger partial charge in [0.05, 0.1) is 0 Å². The minimum absolute atomic E-state index is 0.776. The first-order chi connectivity index (χ1) is 9.92. The first-order valence-electron chi connectivity index (χ1n) is 8.65. The molecule has 4 atom stereocenters. The van der Waals surface area contributed by atoms with Crippen LogP contribution in [0.25, 0.3) is 0 Å². The van der Waals surface area contributed by atoms with E-state index in [4.69, 9.17) is 11.5 Å². The van der Waals surface area contributed by atoms with Gasteiger partial charge in [0.1, 0.15) is 0 Å². The van der Waals surface area contributed by atoms with E-state index < -0.39 is 0 Å². The molecule has 2 nitrogen and oxygen atoms in total. The van der Waals surface area contributed by atoms with Crippen LogP contribution in [-0.4, -0.2) is 13.1 Å². The Morgan fingerprint density at radius 1 is 0.952 bits per heavy atom. The maximum Gasteiger partial charge on any atom is -0.00743 e. The van der Waals surface area contributed by atoms with Crippen LogP contribution in [0.5, 0.6) is 0 Å². The molecule has 0 aromatic carbocycles. The van der Waals surface area contributed by atoms with Gasteiger partial charge in [-0.2, -0.15) is 0 Å². The topological polar surface area (TPSA) is 52.0 Å². The van der Waals surface area contributed by atoms with Gasteiger partial charge in [-0.3, -0.25) is 0 Å². The van der Waals surface area contributed by atoms with E-state index in [1.165, 1.54) is 25.7 Å². The molecule has 21 heavy (non-hydrogen) atoms. The Balaban J connectivity index is 0.000000211. The normalized spacial score (nSPS) is 32.0. The molecule has 0 aliphatic heterocycles. The predicted molar refractivity (Wildman–Crippen MR) is 94.0 cm³/mol. The first kappa shape index (κ1) is 18.4. The molecule has 0 radical (unpaired) electrons. The fourth-order valence-corrected chi connectivity index (χ4v) is 3.72. The van der Waals surface area contributed by atoms with Gasteiger partial charge in [0, 0.05) is 0 Å². The van der Waals surface area contributed by atoms with E-state index in [2.05, 4.69) is 40.7 Å². The van der Waals surface area contributed by atoms with E-state index in [1.54, 1.807) is 16.7 Å². The largest absolute Gasteiger partial charge is 0.330 e. The monoisotopic (exact) mass is 292 g/mol. The molecule has 0 aromatic rings. The van der Waals surface area contributed by atoms with Gasteiger partial charge < -0.3 is 11.5 Å². The average Bonchev–Trinajstić information content (AvgIpc) is 2.89. The van der Waals surface area contributed by atoms with Crippen molar-refractivity contribution in [2.75, 3.05) is 13.1 Å². The van der Waals surface area contributed by atoms with E-state index in [9.17, 15) is 0 Å². The third-order valence-corrected chi connectivity index (χ3v) is 5.87. The molecule has 0 aromatic heterocycles. The van der Waals surface area contributed by atoms with Gasteiger partial charge in [-0.1, -0.05) is 36.6 Å². The number of allylic oxidation sites excluding steroid dienone is 4.